The summed E-state index contributed by atoms with van der Waals surface area (Å²) in [6.45, 7) is 6.61. The topological polar surface area (TPSA) is 24.9 Å². The van der Waals surface area contributed by atoms with Gasteiger partial charge in [0.05, 0.1) is 17.4 Å². The third kappa shape index (κ3) is 2.82. The number of anilines is 1. The van der Waals surface area contributed by atoms with E-state index in [1.54, 1.807) is 0 Å². The van der Waals surface area contributed by atoms with E-state index >= 15 is 0 Å². The molecule has 0 amide bonds. The molecule has 1 aromatic heterocycles. The average molecular weight is 366 g/mol. The molecule has 0 radical (unpaired) electrons. The van der Waals surface area contributed by atoms with Gasteiger partial charge in [-0.15, -0.1) is 0 Å². The van der Waals surface area contributed by atoms with Gasteiger partial charge < -0.3 is 5.32 Å². The van der Waals surface area contributed by atoms with Gasteiger partial charge in [0.15, 0.2) is 0 Å². The predicted molar refractivity (Wildman–Crippen MR) is 92.0 cm³/mol. The highest BCUT2D eigenvalue weighted by Crippen LogP contribution is 2.47. The lowest BCUT2D eigenvalue weighted by atomic mass is 9.85. The molecule has 1 aliphatic rings. The number of aryl methyl sites for hydroxylation is 1. The number of hydrogen-bond acceptors (Lipinski definition) is 2. The van der Waals surface area contributed by atoms with Crippen molar-refractivity contribution in [3.63, 3.8) is 0 Å². The predicted octanol–water partition coefficient (Wildman–Crippen LogP) is 5.54. The summed E-state index contributed by atoms with van der Waals surface area (Å²) in [5.74, 6) is 0. The fourth-order valence-corrected chi connectivity index (χ4v) is 3.70. The van der Waals surface area contributed by atoms with Gasteiger partial charge in [-0.25, -0.2) is 4.98 Å². The lowest BCUT2D eigenvalue weighted by Gasteiger charge is -2.30. The molecule has 1 heterocycles. The van der Waals surface area contributed by atoms with E-state index in [2.05, 4.69) is 58.3 Å². The van der Waals surface area contributed by atoms with Gasteiger partial charge >= 0.3 is 0 Å². The van der Waals surface area contributed by atoms with Crippen LogP contribution in [0.15, 0.2) is 34.9 Å². The van der Waals surface area contributed by atoms with Crippen LogP contribution < -0.4 is 5.32 Å². The molecule has 1 atom stereocenters. The number of hydrogen-bond donors (Lipinski definition) is 1. The van der Waals surface area contributed by atoms with Crippen molar-refractivity contribution in [2.24, 2.45) is 5.41 Å². The van der Waals surface area contributed by atoms with E-state index in [9.17, 15) is 0 Å². The maximum absolute atomic E-state index is 6.19. The largest absolute Gasteiger partial charge is 0.376 e. The van der Waals surface area contributed by atoms with Gasteiger partial charge in [-0.1, -0.05) is 31.5 Å². The van der Waals surface area contributed by atoms with Crippen LogP contribution in [0.2, 0.25) is 5.02 Å². The smallest absolute Gasteiger partial charge is 0.106 e. The van der Waals surface area contributed by atoms with Gasteiger partial charge in [0.1, 0.15) is 4.60 Å². The monoisotopic (exact) mass is 364 g/mol. The van der Waals surface area contributed by atoms with Crippen LogP contribution in [0.3, 0.4) is 0 Å². The number of pyridine rings is 1. The standard InChI is InChI=1S/C17H18BrClN2/c1-10-14(6-7-15(18)20-10)21-16-13-8-12(19)5-4-11(13)9-17(16,2)3/h4-8,16,21H,9H2,1-3H3. The lowest BCUT2D eigenvalue weighted by Crippen LogP contribution is -2.25. The molecule has 4 heteroatoms. The van der Waals surface area contributed by atoms with Crippen molar-refractivity contribution in [3.05, 3.63) is 56.8 Å². The van der Waals surface area contributed by atoms with Crippen molar-refractivity contribution >= 4 is 33.2 Å². The summed E-state index contributed by atoms with van der Waals surface area (Å²) in [5, 5.41) is 4.46. The van der Waals surface area contributed by atoms with Crippen LogP contribution in [0.1, 0.15) is 36.7 Å². The summed E-state index contributed by atoms with van der Waals surface area (Å²) < 4.78 is 0.861. The van der Waals surface area contributed by atoms with E-state index in [1.165, 1.54) is 11.1 Å². The van der Waals surface area contributed by atoms with Crippen LogP contribution >= 0.6 is 27.5 Å². The van der Waals surface area contributed by atoms with Gasteiger partial charge in [0, 0.05) is 5.02 Å². The van der Waals surface area contributed by atoms with E-state index in [4.69, 9.17) is 11.6 Å². The molecule has 0 saturated carbocycles. The van der Waals surface area contributed by atoms with E-state index in [0.29, 0.717) is 0 Å². The maximum atomic E-state index is 6.19. The SMILES string of the molecule is Cc1nc(Br)ccc1NC1c2cc(Cl)ccc2CC1(C)C. The van der Waals surface area contributed by atoms with Crippen LogP contribution in [0.5, 0.6) is 0 Å². The quantitative estimate of drug-likeness (QED) is 0.707. The molecule has 2 nitrogen and oxygen atoms in total. The third-order valence-electron chi connectivity index (χ3n) is 4.20. The van der Waals surface area contributed by atoms with Gasteiger partial charge in [-0.2, -0.15) is 0 Å². The average Bonchev–Trinajstić information content (AvgIpc) is 2.63. The van der Waals surface area contributed by atoms with Crippen LogP contribution in [0.25, 0.3) is 0 Å². The highest BCUT2D eigenvalue weighted by Gasteiger charge is 2.39. The molecule has 110 valence electrons. The second-order valence-corrected chi connectivity index (χ2v) is 7.60. The van der Waals surface area contributed by atoms with Crippen LogP contribution in [0, 0.1) is 12.3 Å². The molecular formula is C17H18BrClN2. The Bertz CT molecular complexity index is 697. The number of benzene rings is 1. The Morgan fingerprint density at radius 2 is 2.05 bits per heavy atom. The normalized spacial score (nSPS) is 19.4. The van der Waals surface area contributed by atoms with Crippen molar-refractivity contribution in [1.29, 1.82) is 0 Å². The first kappa shape index (κ1) is 14.9. The summed E-state index contributed by atoms with van der Waals surface area (Å²) in [6.07, 6.45) is 1.06. The van der Waals surface area contributed by atoms with Gasteiger partial charge in [-0.05, 0) is 70.1 Å². The number of halogens is 2. The van der Waals surface area contributed by atoms with Crippen molar-refractivity contribution in [2.75, 3.05) is 5.32 Å². The van der Waals surface area contributed by atoms with Gasteiger partial charge in [0.25, 0.3) is 0 Å². The first-order valence-electron chi connectivity index (χ1n) is 7.05. The molecule has 1 aliphatic carbocycles. The van der Waals surface area contributed by atoms with Gasteiger partial charge in [0.2, 0.25) is 0 Å². The highest BCUT2D eigenvalue weighted by atomic mass is 79.9. The summed E-state index contributed by atoms with van der Waals surface area (Å²) in [4.78, 5) is 4.47. The van der Waals surface area contributed by atoms with Crippen LogP contribution in [-0.2, 0) is 6.42 Å². The number of nitrogens with zero attached hydrogens (tertiary/aromatic N) is 1. The summed E-state index contributed by atoms with van der Waals surface area (Å²) in [6, 6.07) is 10.5. The third-order valence-corrected chi connectivity index (χ3v) is 4.87. The second kappa shape index (κ2) is 5.29. The van der Waals surface area contributed by atoms with Crippen LogP contribution in [-0.4, -0.2) is 4.98 Å². The van der Waals surface area contributed by atoms with Crippen molar-refractivity contribution < 1.29 is 0 Å². The maximum Gasteiger partial charge on any atom is 0.106 e. The van der Waals surface area contributed by atoms with E-state index in [-0.39, 0.29) is 11.5 Å². The minimum Gasteiger partial charge on any atom is -0.376 e. The van der Waals surface area contributed by atoms with Gasteiger partial charge in [-0.3, -0.25) is 0 Å². The molecule has 1 N–H and O–H groups in total. The zero-order chi connectivity index (χ0) is 15.2. The number of aromatic nitrogens is 1. The number of fused-ring (bicyclic) bond motifs is 1. The lowest BCUT2D eigenvalue weighted by molar-refractivity contribution is 0.337. The molecule has 0 fully saturated rings. The molecular weight excluding hydrogens is 348 g/mol. The Morgan fingerprint density at radius 3 is 2.76 bits per heavy atom. The van der Waals surface area contributed by atoms with Crippen LogP contribution in [0.4, 0.5) is 5.69 Å². The molecule has 0 aliphatic heterocycles. The second-order valence-electron chi connectivity index (χ2n) is 6.35. The minimum atomic E-state index is 0.145. The fraction of sp³-hybridized carbons (Fsp3) is 0.353. The van der Waals surface area contributed by atoms with E-state index in [0.717, 1.165) is 27.4 Å². The molecule has 1 aromatic carbocycles. The summed E-state index contributed by atoms with van der Waals surface area (Å²) in [5.41, 5.74) is 4.89. The Hall–Kier alpha value is -1.06. The van der Waals surface area contributed by atoms with E-state index < -0.39 is 0 Å². The molecule has 21 heavy (non-hydrogen) atoms. The first-order valence-corrected chi connectivity index (χ1v) is 8.22. The molecule has 3 rings (SSSR count). The highest BCUT2D eigenvalue weighted by molar-refractivity contribution is 9.10. The Balaban J connectivity index is 1.99. The summed E-state index contributed by atoms with van der Waals surface area (Å²) in [7, 11) is 0. The number of rotatable bonds is 2. The van der Waals surface area contributed by atoms with Crippen molar-refractivity contribution in [3.8, 4) is 0 Å². The molecule has 0 spiro atoms. The Morgan fingerprint density at radius 1 is 1.29 bits per heavy atom. The fourth-order valence-electron chi connectivity index (χ4n) is 3.12. The number of nitrogens with one attached hydrogen (secondary N) is 1. The summed E-state index contributed by atoms with van der Waals surface area (Å²) >= 11 is 9.60. The minimum absolute atomic E-state index is 0.145. The van der Waals surface area contributed by atoms with Crippen molar-refractivity contribution in [1.82, 2.24) is 4.98 Å². The zero-order valence-electron chi connectivity index (χ0n) is 12.4. The molecule has 2 aromatic rings. The first-order chi connectivity index (χ1) is 9.87. The Labute approximate surface area is 139 Å². The van der Waals surface area contributed by atoms with E-state index in [1.807, 2.05) is 19.1 Å². The zero-order valence-corrected chi connectivity index (χ0v) is 14.7. The Kier molecular flexibility index (Phi) is 3.74. The molecule has 1 unspecified atom stereocenters. The van der Waals surface area contributed by atoms with Crippen molar-refractivity contribution in [2.45, 2.75) is 33.2 Å². The molecule has 0 bridgehead atoms. The molecule has 0 saturated heterocycles.